The highest BCUT2D eigenvalue weighted by atomic mass is 16.5. The fourth-order valence-electron chi connectivity index (χ4n) is 2.55. The molecule has 92 valence electrons. The minimum atomic E-state index is -0.983. The zero-order valence-corrected chi connectivity index (χ0v) is 10.6. The van der Waals surface area contributed by atoms with Crippen molar-refractivity contribution in [3.05, 3.63) is 65.2 Å². The van der Waals surface area contributed by atoms with Crippen LogP contribution in [0.2, 0.25) is 0 Å². The van der Waals surface area contributed by atoms with Crippen molar-refractivity contribution in [3.8, 4) is 5.75 Å². The lowest BCUT2D eigenvalue weighted by Crippen LogP contribution is -2.27. The second-order valence-corrected chi connectivity index (χ2v) is 5.06. The summed E-state index contributed by atoms with van der Waals surface area (Å²) in [4.78, 5) is 0. The molecular weight excluding hydrogens is 224 g/mol. The molecule has 1 aliphatic rings. The van der Waals surface area contributed by atoms with Crippen LogP contribution in [0.25, 0.3) is 0 Å². The van der Waals surface area contributed by atoms with Gasteiger partial charge in [0.15, 0.2) is 6.10 Å². The van der Waals surface area contributed by atoms with Crippen molar-refractivity contribution in [2.75, 3.05) is 0 Å². The van der Waals surface area contributed by atoms with Gasteiger partial charge >= 0.3 is 0 Å². The first-order valence-electron chi connectivity index (χ1n) is 6.14. The smallest absolute Gasteiger partial charge is 0.156 e. The first-order valence-corrected chi connectivity index (χ1v) is 6.14. The van der Waals surface area contributed by atoms with Crippen LogP contribution in [0.1, 0.15) is 29.7 Å². The van der Waals surface area contributed by atoms with E-state index in [1.54, 1.807) is 0 Å². The maximum absolute atomic E-state index is 10.8. The van der Waals surface area contributed by atoms with E-state index in [0.29, 0.717) is 0 Å². The molecule has 3 rings (SSSR count). The molecule has 0 spiro atoms. The molecule has 1 heterocycles. The largest absolute Gasteiger partial charge is 0.482 e. The summed E-state index contributed by atoms with van der Waals surface area (Å²) in [5, 5.41) is 10.8. The summed E-state index contributed by atoms with van der Waals surface area (Å²) < 4.78 is 5.91. The Hall–Kier alpha value is -1.80. The van der Waals surface area contributed by atoms with Gasteiger partial charge in [0, 0.05) is 5.56 Å². The molecule has 0 saturated heterocycles. The molecule has 2 aromatic carbocycles. The Kier molecular flexibility index (Phi) is 2.42. The molecule has 0 unspecified atom stereocenters. The molecular formula is C16H16O2. The van der Waals surface area contributed by atoms with E-state index in [-0.39, 0.29) is 6.10 Å². The zero-order valence-electron chi connectivity index (χ0n) is 10.6. The number of ether oxygens (including phenoxy) is 1. The van der Waals surface area contributed by atoms with Gasteiger partial charge in [-0.05, 0) is 31.5 Å². The fraction of sp³-hybridized carbons (Fsp3) is 0.250. The van der Waals surface area contributed by atoms with Crippen LogP contribution in [-0.2, 0) is 5.60 Å². The van der Waals surface area contributed by atoms with E-state index in [2.05, 4.69) is 0 Å². The summed E-state index contributed by atoms with van der Waals surface area (Å²) in [6, 6.07) is 15.8. The molecule has 1 N–H and O–H groups in total. The van der Waals surface area contributed by atoms with Crippen LogP contribution in [0.5, 0.6) is 5.75 Å². The Labute approximate surface area is 107 Å². The Morgan fingerprint density at radius 1 is 1.11 bits per heavy atom. The van der Waals surface area contributed by atoms with Crippen LogP contribution < -0.4 is 4.74 Å². The standard InChI is InChI=1S/C16H16O2/c1-11-8-9-14-13(10-11)16(2,17)15(18-14)12-6-4-3-5-7-12/h3-10,15,17H,1-2H3/t15-,16+/m1/s1. The predicted molar refractivity (Wildman–Crippen MR) is 70.6 cm³/mol. The van der Waals surface area contributed by atoms with Crippen LogP contribution >= 0.6 is 0 Å². The second kappa shape index (κ2) is 3.85. The van der Waals surface area contributed by atoms with Crippen molar-refractivity contribution in [1.29, 1.82) is 0 Å². The van der Waals surface area contributed by atoms with E-state index in [4.69, 9.17) is 4.74 Å². The molecule has 0 radical (unpaired) electrons. The van der Waals surface area contributed by atoms with Gasteiger partial charge < -0.3 is 9.84 Å². The number of rotatable bonds is 1. The number of fused-ring (bicyclic) bond motifs is 1. The van der Waals surface area contributed by atoms with Gasteiger partial charge in [0.1, 0.15) is 11.4 Å². The van der Waals surface area contributed by atoms with Gasteiger partial charge in [-0.15, -0.1) is 0 Å². The molecule has 18 heavy (non-hydrogen) atoms. The molecule has 0 fully saturated rings. The molecule has 2 aromatic rings. The highest BCUT2D eigenvalue weighted by Gasteiger charge is 2.44. The fourth-order valence-corrected chi connectivity index (χ4v) is 2.55. The number of benzene rings is 2. The third kappa shape index (κ3) is 1.61. The highest BCUT2D eigenvalue weighted by Crippen LogP contribution is 2.48. The monoisotopic (exact) mass is 240 g/mol. The van der Waals surface area contributed by atoms with Gasteiger partial charge in [-0.25, -0.2) is 0 Å². The first-order chi connectivity index (χ1) is 8.59. The Morgan fingerprint density at radius 2 is 1.83 bits per heavy atom. The number of aryl methyl sites for hydroxylation is 1. The molecule has 1 aliphatic heterocycles. The van der Waals surface area contributed by atoms with E-state index in [1.807, 2.05) is 62.4 Å². The Balaban J connectivity index is 2.08. The summed E-state index contributed by atoms with van der Waals surface area (Å²) in [6.07, 6.45) is -0.338. The van der Waals surface area contributed by atoms with Crippen LogP contribution in [0.15, 0.2) is 48.5 Å². The molecule has 0 saturated carbocycles. The van der Waals surface area contributed by atoms with Crippen LogP contribution in [0.4, 0.5) is 0 Å². The summed E-state index contributed by atoms with van der Waals surface area (Å²) in [6.45, 7) is 3.84. The van der Waals surface area contributed by atoms with Crippen molar-refractivity contribution in [2.24, 2.45) is 0 Å². The second-order valence-electron chi connectivity index (χ2n) is 5.06. The highest BCUT2D eigenvalue weighted by molar-refractivity contribution is 5.46. The lowest BCUT2D eigenvalue weighted by Gasteiger charge is -2.24. The van der Waals surface area contributed by atoms with Crippen LogP contribution in [-0.4, -0.2) is 5.11 Å². The Bertz CT molecular complexity index is 573. The van der Waals surface area contributed by atoms with Crippen molar-refractivity contribution in [1.82, 2.24) is 0 Å². The quantitative estimate of drug-likeness (QED) is 0.828. The number of hydrogen-bond acceptors (Lipinski definition) is 2. The lowest BCUT2D eigenvalue weighted by molar-refractivity contribution is -0.0261. The van der Waals surface area contributed by atoms with Crippen molar-refractivity contribution < 1.29 is 9.84 Å². The minimum absolute atomic E-state index is 0.338. The van der Waals surface area contributed by atoms with Crippen molar-refractivity contribution >= 4 is 0 Å². The average molecular weight is 240 g/mol. The maximum atomic E-state index is 10.8. The van der Waals surface area contributed by atoms with Crippen molar-refractivity contribution in [3.63, 3.8) is 0 Å². The average Bonchev–Trinajstić information content (AvgIpc) is 2.63. The van der Waals surface area contributed by atoms with Gasteiger partial charge in [-0.1, -0.05) is 42.0 Å². The van der Waals surface area contributed by atoms with Gasteiger partial charge in [-0.3, -0.25) is 0 Å². The van der Waals surface area contributed by atoms with E-state index in [1.165, 1.54) is 0 Å². The Morgan fingerprint density at radius 3 is 2.56 bits per heavy atom. The lowest BCUT2D eigenvalue weighted by atomic mass is 9.87. The van der Waals surface area contributed by atoms with Crippen LogP contribution in [0, 0.1) is 6.92 Å². The zero-order chi connectivity index (χ0) is 12.8. The molecule has 0 bridgehead atoms. The van der Waals surface area contributed by atoms with Gasteiger partial charge in [0.05, 0.1) is 0 Å². The third-order valence-electron chi connectivity index (χ3n) is 3.54. The molecule has 0 aliphatic carbocycles. The maximum Gasteiger partial charge on any atom is 0.156 e. The number of hydrogen-bond donors (Lipinski definition) is 1. The van der Waals surface area contributed by atoms with Gasteiger partial charge in [-0.2, -0.15) is 0 Å². The van der Waals surface area contributed by atoms with Gasteiger partial charge in [0.25, 0.3) is 0 Å². The summed E-state index contributed by atoms with van der Waals surface area (Å²) in [5.74, 6) is 0.777. The third-order valence-corrected chi connectivity index (χ3v) is 3.54. The van der Waals surface area contributed by atoms with E-state index < -0.39 is 5.60 Å². The summed E-state index contributed by atoms with van der Waals surface area (Å²) in [7, 11) is 0. The van der Waals surface area contributed by atoms with Gasteiger partial charge in [0.2, 0.25) is 0 Å². The normalized spacial score (nSPS) is 25.6. The molecule has 2 atom stereocenters. The molecule has 2 nitrogen and oxygen atoms in total. The first kappa shape index (κ1) is 11.3. The number of aliphatic hydroxyl groups is 1. The van der Waals surface area contributed by atoms with E-state index in [9.17, 15) is 5.11 Å². The predicted octanol–water partition coefficient (Wildman–Crippen LogP) is 3.34. The molecule has 0 aromatic heterocycles. The van der Waals surface area contributed by atoms with Crippen LogP contribution in [0.3, 0.4) is 0 Å². The summed E-state index contributed by atoms with van der Waals surface area (Å²) in [5.41, 5.74) is 2.02. The molecule has 2 heteroatoms. The summed E-state index contributed by atoms with van der Waals surface area (Å²) >= 11 is 0. The minimum Gasteiger partial charge on any atom is -0.482 e. The SMILES string of the molecule is Cc1ccc2c(c1)[C@](C)(O)[C@@H](c1ccccc1)O2. The van der Waals surface area contributed by atoms with E-state index >= 15 is 0 Å². The van der Waals surface area contributed by atoms with E-state index in [0.717, 1.165) is 22.4 Å². The van der Waals surface area contributed by atoms with Crippen molar-refractivity contribution in [2.45, 2.75) is 25.6 Å². The molecule has 0 amide bonds. The topological polar surface area (TPSA) is 29.5 Å².